The van der Waals surface area contributed by atoms with E-state index in [4.69, 9.17) is 5.73 Å². The Morgan fingerprint density at radius 1 is 1.16 bits per heavy atom. The number of hydrogen-bond donors (Lipinski definition) is 2. The number of nitrogens with two attached hydrogens (primary N) is 1. The van der Waals surface area contributed by atoms with E-state index in [1.807, 2.05) is 6.92 Å². The molecule has 0 amide bonds. The third kappa shape index (κ3) is 4.88. The van der Waals surface area contributed by atoms with E-state index in [9.17, 15) is 8.78 Å². The van der Waals surface area contributed by atoms with E-state index < -0.39 is 11.6 Å². The van der Waals surface area contributed by atoms with Crippen LogP contribution in [0.3, 0.4) is 0 Å². The summed E-state index contributed by atoms with van der Waals surface area (Å²) in [6, 6.07) is 3.98. The molecular formula is C15H24F2N2. The summed E-state index contributed by atoms with van der Waals surface area (Å²) in [5.41, 5.74) is 5.85. The fraction of sp³-hybridized carbons (Fsp3) is 0.600. The number of rotatable bonds is 7. The highest BCUT2D eigenvalue weighted by atomic mass is 19.1. The molecule has 0 radical (unpaired) electrons. The van der Waals surface area contributed by atoms with Crippen molar-refractivity contribution in [3.05, 3.63) is 35.4 Å². The fourth-order valence-corrected chi connectivity index (χ4v) is 2.05. The lowest BCUT2D eigenvalue weighted by atomic mass is 9.95. The topological polar surface area (TPSA) is 38.0 Å². The van der Waals surface area contributed by atoms with Gasteiger partial charge in [-0.3, -0.25) is 0 Å². The maximum absolute atomic E-state index is 13.5. The highest BCUT2D eigenvalue weighted by Gasteiger charge is 2.15. The van der Waals surface area contributed by atoms with Gasteiger partial charge in [0.2, 0.25) is 0 Å². The fourth-order valence-electron chi connectivity index (χ4n) is 2.05. The number of halogens is 2. The average molecular weight is 270 g/mol. The molecule has 1 aromatic rings. The van der Waals surface area contributed by atoms with E-state index in [0.29, 0.717) is 24.8 Å². The lowest BCUT2D eigenvalue weighted by Gasteiger charge is -2.22. The predicted octanol–water partition coefficient (Wildman–Crippen LogP) is 2.72. The van der Waals surface area contributed by atoms with Crippen LogP contribution in [0.1, 0.15) is 26.3 Å². The van der Waals surface area contributed by atoms with Gasteiger partial charge in [-0.1, -0.05) is 19.9 Å². The SMILES string of the molecule is CC(Cc1c(F)cccc1F)NCC(CN)C(C)C. The van der Waals surface area contributed by atoms with Crippen molar-refractivity contribution < 1.29 is 8.78 Å². The van der Waals surface area contributed by atoms with Crippen LogP contribution in [-0.4, -0.2) is 19.1 Å². The molecule has 0 saturated heterocycles. The van der Waals surface area contributed by atoms with Gasteiger partial charge in [0.1, 0.15) is 11.6 Å². The summed E-state index contributed by atoms with van der Waals surface area (Å²) >= 11 is 0. The van der Waals surface area contributed by atoms with Gasteiger partial charge in [0, 0.05) is 11.6 Å². The van der Waals surface area contributed by atoms with Crippen LogP contribution in [0.5, 0.6) is 0 Å². The van der Waals surface area contributed by atoms with Gasteiger partial charge in [0.05, 0.1) is 0 Å². The van der Waals surface area contributed by atoms with Crippen LogP contribution < -0.4 is 11.1 Å². The summed E-state index contributed by atoms with van der Waals surface area (Å²) in [4.78, 5) is 0. The van der Waals surface area contributed by atoms with Gasteiger partial charge < -0.3 is 11.1 Å². The number of nitrogens with one attached hydrogen (secondary N) is 1. The van der Waals surface area contributed by atoms with Crippen LogP contribution in [0.15, 0.2) is 18.2 Å². The summed E-state index contributed by atoms with van der Waals surface area (Å²) in [7, 11) is 0. The van der Waals surface area contributed by atoms with Crippen molar-refractivity contribution in [3.63, 3.8) is 0 Å². The van der Waals surface area contributed by atoms with Crippen molar-refractivity contribution in [2.24, 2.45) is 17.6 Å². The Hall–Kier alpha value is -1.00. The molecule has 0 fully saturated rings. The third-order valence-corrected chi connectivity index (χ3v) is 3.55. The van der Waals surface area contributed by atoms with Gasteiger partial charge in [-0.2, -0.15) is 0 Å². The molecule has 108 valence electrons. The molecule has 0 heterocycles. The van der Waals surface area contributed by atoms with E-state index in [1.54, 1.807) is 0 Å². The lowest BCUT2D eigenvalue weighted by Crippen LogP contribution is -2.37. The minimum atomic E-state index is -0.479. The zero-order chi connectivity index (χ0) is 14.4. The molecule has 0 saturated carbocycles. The highest BCUT2D eigenvalue weighted by Crippen LogP contribution is 2.14. The summed E-state index contributed by atoms with van der Waals surface area (Å²) in [5, 5.41) is 3.30. The molecule has 19 heavy (non-hydrogen) atoms. The Bertz CT molecular complexity index is 373. The Balaban J connectivity index is 2.53. The van der Waals surface area contributed by atoms with Gasteiger partial charge in [-0.05, 0) is 50.4 Å². The molecule has 4 heteroatoms. The van der Waals surface area contributed by atoms with Gasteiger partial charge in [-0.15, -0.1) is 0 Å². The molecule has 1 aromatic carbocycles. The Morgan fingerprint density at radius 2 is 1.74 bits per heavy atom. The Kier molecular flexibility index (Phi) is 6.38. The van der Waals surface area contributed by atoms with Crippen molar-refractivity contribution in [2.75, 3.05) is 13.1 Å². The van der Waals surface area contributed by atoms with Crippen LogP contribution >= 0.6 is 0 Å². The largest absolute Gasteiger partial charge is 0.330 e. The smallest absolute Gasteiger partial charge is 0.129 e. The van der Waals surface area contributed by atoms with Gasteiger partial charge >= 0.3 is 0 Å². The van der Waals surface area contributed by atoms with Gasteiger partial charge in [-0.25, -0.2) is 8.78 Å². The monoisotopic (exact) mass is 270 g/mol. The molecule has 3 N–H and O–H groups in total. The van der Waals surface area contributed by atoms with E-state index in [1.165, 1.54) is 18.2 Å². The molecule has 2 atom stereocenters. The minimum Gasteiger partial charge on any atom is -0.330 e. The second-order valence-corrected chi connectivity index (χ2v) is 5.45. The molecule has 0 aliphatic heterocycles. The number of hydrogen-bond acceptors (Lipinski definition) is 2. The van der Waals surface area contributed by atoms with E-state index in [-0.39, 0.29) is 11.6 Å². The van der Waals surface area contributed by atoms with Crippen molar-refractivity contribution in [1.82, 2.24) is 5.32 Å². The zero-order valence-corrected chi connectivity index (χ0v) is 11.9. The summed E-state index contributed by atoms with van der Waals surface area (Å²) in [5.74, 6) is -0.0800. The third-order valence-electron chi connectivity index (χ3n) is 3.55. The van der Waals surface area contributed by atoms with Crippen LogP contribution in [0.2, 0.25) is 0 Å². The molecule has 0 aromatic heterocycles. The molecule has 2 unspecified atom stereocenters. The van der Waals surface area contributed by atoms with Crippen molar-refractivity contribution in [2.45, 2.75) is 33.2 Å². The first kappa shape index (κ1) is 16.1. The summed E-state index contributed by atoms with van der Waals surface area (Å²) in [6.07, 6.45) is 0.341. The maximum Gasteiger partial charge on any atom is 0.129 e. The zero-order valence-electron chi connectivity index (χ0n) is 11.9. The normalized spacial score (nSPS) is 14.7. The molecule has 0 aliphatic rings. The standard InChI is InChI=1S/C15H24F2N2/c1-10(2)12(8-18)9-19-11(3)7-13-14(16)5-4-6-15(13)17/h4-6,10-12,19H,7-9,18H2,1-3H3. The quantitative estimate of drug-likeness (QED) is 0.799. The van der Waals surface area contributed by atoms with E-state index in [2.05, 4.69) is 19.2 Å². The van der Waals surface area contributed by atoms with Crippen LogP contribution in [0.4, 0.5) is 8.78 Å². The first-order chi connectivity index (χ1) is 8.95. The molecule has 1 rings (SSSR count). The first-order valence-electron chi connectivity index (χ1n) is 6.82. The summed E-state index contributed by atoms with van der Waals surface area (Å²) in [6.45, 7) is 7.57. The second-order valence-electron chi connectivity index (χ2n) is 5.45. The van der Waals surface area contributed by atoms with Gasteiger partial charge in [0.25, 0.3) is 0 Å². The minimum absolute atomic E-state index is 0.0131. The second kappa shape index (κ2) is 7.56. The van der Waals surface area contributed by atoms with Crippen molar-refractivity contribution >= 4 is 0 Å². The van der Waals surface area contributed by atoms with Crippen LogP contribution in [0, 0.1) is 23.5 Å². The Labute approximate surface area is 114 Å². The molecule has 0 aliphatic carbocycles. The van der Waals surface area contributed by atoms with Crippen molar-refractivity contribution in [3.8, 4) is 0 Å². The molecule has 0 bridgehead atoms. The van der Waals surface area contributed by atoms with Crippen LogP contribution in [0.25, 0.3) is 0 Å². The average Bonchev–Trinajstić information content (AvgIpc) is 2.34. The van der Waals surface area contributed by atoms with Gasteiger partial charge in [0.15, 0.2) is 0 Å². The summed E-state index contributed by atoms with van der Waals surface area (Å²) < 4.78 is 27.0. The molecule has 2 nitrogen and oxygen atoms in total. The lowest BCUT2D eigenvalue weighted by molar-refractivity contribution is 0.352. The molecule has 0 spiro atoms. The number of benzene rings is 1. The molecular weight excluding hydrogens is 246 g/mol. The maximum atomic E-state index is 13.5. The van der Waals surface area contributed by atoms with E-state index in [0.717, 1.165) is 6.54 Å². The Morgan fingerprint density at radius 3 is 2.21 bits per heavy atom. The van der Waals surface area contributed by atoms with Crippen molar-refractivity contribution in [1.29, 1.82) is 0 Å². The first-order valence-corrected chi connectivity index (χ1v) is 6.82. The van der Waals surface area contributed by atoms with E-state index >= 15 is 0 Å². The van der Waals surface area contributed by atoms with Crippen LogP contribution in [-0.2, 0) is 6.42 Å². The predicted molar refractivity (Wildman–Crippen MR) is 74.9 cm³/mol. The highest BCUT2D eigenvalue weighted by molar-refractivity contribution is 5.20.